The van der Waals surface area contributed by atoms with Gasteiger partial charge in [-0.15, -0.1) is 5.10 Å². The molecule has 1 amide bonds. The fourth-order valence-corrected chi connectivity index (χ4v) is 4.26. The number of para-hydroxylation sites is 1. The Bertz CT molecular complexity index is 1030. The summed E-state index contributed by atoms with van der Waals surface area (Å²) in [7, 11) is 0. The van der Waals surface area contributed by atoms with Crippen LogP contribution in [0.3, 0.4) is 0 Å². The lowest BCUT2D eigenvalue weighted by Crippen LogP contribution is -2.50. The van der Waals surface area contributed by atoms with Crippen molar-refractivity contribution in [2.75, 3.05) is 13.1 Å². The number of benzene rings is 1. The second-order valence-corrected chi connectivity index (χ2v) is 7.28. The molecule has 4 heterocycles. The van der Waals surface area contributed by atoms with Crippen LogP contribution in [0.1, 0.15) is 29.4 Å². The average Bonchev–Trinajstić information content (AvgIpc) is 3.27. The molecule has 1 N–H and O–H groups in total. The Morgan fingerprint density at radius 2 is 2.33 bits per heavy atom. The van der Waals surface area contributed by atoms with Gasteiger partial charge in [-0.05, 0) is 25.0 Å². The SMILES string of the molecule is Cc1[nH]c2c(F)cccc2c1CC(=O)N1CC[C@@H]2OCc3cnnn3[C@H]2C1. The zero-order chi connectivity index (χ0) is 18.5. The van der Waals surface area contributed by atoms with Gasteiger partial charge in [0.15, 0.2) is 0 Å². The maximum atomic E-state index is 14.0. The number of aromatic nitrogens is 4. The zero-order valence-electron chi connectivity index (χ0n) is 15.0. The standard InChI is InChI=1S/C19H20FN5O2/c1-11-14(13-3-2-4-15(20)19(13)22-11)7-18(26)24-6-5-17-16(9-24)25-12(10-27-17)8-21-23-25/h2-4,8,16-17,22H,5-7,9-10H2,1H3/t16-,17-/m0/s1. The molecule has 2 aliphatic rings. The molecule has 2 atom stereocenters. The topological polar surface area (TPSA) is 76.0 Å². The molecule has 0 radical (unpaired) electrons. The van der Waals surface area contributed by atoms with E-state index in [0.717, 1.165) is 28.8 Å². The lowest BCUT2D eigenvalue weighted by molar-refractivity contribution is -0.137. The first kappa shape index (κ1) is 16.4. The van der Waals surface area contributed by atoms with Gasteiger partial charge in [-0.3, -0.25) is 4.79 Å². The quantitative estimate of drug-likeness (QED) is 0.751. The fraction of sp³-hybridized carbons (Fsp3) is 0.421. The summed E-state index contributed by atoms with van der Waals surface area (Å²) < 4.78 is 21.8. The van der Waals surface area contributed by atoms with Gasteiger partial charge in [0.1, 0.15) is 5.82 Å². The van der Waals surface area contributed by atoms with Gasteiger partial charge in [-0.2, -0.15) is 0 Å². The molecule has 140 valence electrons. The molecule has 2 aromatic heterocycles. The van der Waals surface area contributed by atoms with E-state index in [9.17, 15) is 9.18 Å². The highest BCUT2D eigenvalue weighted by Gasteiger charge is 2.37. The van der Waals surface area contributed by atoms with Crippen molar-refractivity contribution in [3.8, 4) is 0 Å². The highest BCUT2D eigenvalue weighted by molar-refractivity contribution is 5.90. The van der Waals surface area contributed by atoms with Crippen molar-refractivity contribution in [3.63, 3.8) is 0 Å². The number of nitrogens with zero attached hydrogens (tertiary/aromatic N) is 4. The van der Waals surface area contributed by atoms with Crippen molar-refractivity contribution in [1.82, 2.24) is 24.9 Å². The van der Waals surface area contributed by atoms with Crippen molar-refractivity contribution in [1.29, 1.82) is 0 Å². The third-order valence-corrected chi connectivity index (χ3v) is 5.71. The first-order valence-electron chi connectivity index (χ1n) is 9.16. The van der Waals surface area contributed by atoms with E-state index >= 15 is 0 Å². The number of likely N-dealkylation sites (tertiary alicyclic amines) is 1. The summed E-state index contributed by atoms with van der Waals surface area (Å²) in [5.74, 6) is -0.262. The molecule has 1 saturated heterocycles. The first-order valence-corrected chi connectivity index (χ1v) is 9.16. The Kier molecular flexibility index (Phi) is 3.75. The number of aryl methyl sites for hydroxylation is 1. The lowest BCUT2D eigenvalue weighted by atomic mass is 9.99. The molecule has 0 bridgehead atoms. The second kappa shape index (κ2) is 6.16. The molecule has 2 aliphatic heterocycles. The van der Waals surface area contributed by atoms with E-state index in [-0.39, 0.29) is 30.3 Å². The van der Waals surface area contributed by atoms with Gasteiger partial charge in [0.2, 0.25) is 5.91 Å². The normalized spacial score (nSPS) is 21.9. The Hall–Kier alpha value is -2.74. The lowest BCUT2D eigenvalue weighted by Gasteiger charge is -2.41. The van der Waals surface area contributed by atoms with E-state index in [1.54, 1.807) is 12.3 Å². The number of aromatic amines is 1. The van der Waals surface area contributed by atoms with Gasteiger partial charge in [-0.25, -0.2) is 9.07 Å². The Morgan fingerprint density at radius 1 is 1.44 bits per heavy atom. The Balaban J connectivity index is 1.39. The molecule has 1 fully saturated rings. The molecule has 27 heavy (non-hydrogen) atoms. The molecule has 0 aliphatic carbocycles. The number of hydrogen-bond donors (Lipinski definition) is 1. The third kappa shape index (κ3) is 2.63. The van der Waals surface area contributed by atoms with Crippen LogP contribution in [0, 0.1) is 12.7 Å². The van der Waals surface area contributed by atoms with Crippen LogP contribution in [0.4, 0.5) is 4.39 Å². The summed E-state index contributed by atoms with van der Waals surface area (Å²) in [4.78, 5) is 17.9. The molecule has 1 aromatic carbocycles. The van der Waals surface area contributed by atoms with Gasteiger partial charge in [0.25, 0.3) is 0 Å². The second-order valence-electron chi connectivity index (χ2n) is 7.28. The number of carbonyl (C=O) groups is 1. The molecule has 0 unspecified atom stereocenters. The number of piperidine rings is 1. The number of ether oxygens (including phenoxy) is 1. The smallest absolute Gasteiger partial charge is 0.227 e. The van der Waals surface area contributed by atoms with E-state index in [4.69, 9.17) is 4.74 Å². The van der Waals surface area contributed by atoms with Crippen molar-refractivity contribution in [2.45, 2.75) is 38.5 Å². The van der Waals surface area contributed by atoms with Crippen LogP contribution < -0.4 is 0 Å². The van der Waals surface area contributed by atoms with E-state index in [1.165, 1.54) is 6.07 Å². The number of hydrogen-bond acceptors (Lipinski definition) is 4. The van der Waals surface area contributed by atoms with Gasteiger partial charge in [0, 0.05) is 24.2 Å². The fourth-order valence-electron chi connectivity index (χ4n) is 4.26. The van der Waals surface area contributed by atoms with E-state index in [2.05, 4.69) is 15.3 Å². The highest BCUT2D eigenvalue weighted by atomic mass is 19.1. The van der Waals surface area contributed by atoms with E-state index in [0.29, 0.717) is 25.2 Å². The Labute approximate surface area is 155 Å². The number of rotatable bonds is 2. The van der Waals surface area contributed by atoms with Gasteiger partial charge >= 0.3 is 0 Å². The van der Waals surface area contributed by atoms with Crippen LogP contribution in [-0.2, 0) is 22.6 Å². The predicted molar refractivity (Wildman–Crippen MR) is 95.5 cm³/mol. The largest absolute Gasteiger partial charge is 0.370 e. The summed E-state index contributed by atoms with van der Waals surface area (Å²) in [6.07, 6.45) is 2.79. The van der Waals surface area contributed by atoms with Gasteiger partial charge < -0.3 is 14.6 Å². The number of amides is 1. The van der Waals surface area contributed by atoms with Crippen LogP contribution in [-0.4, -0.2) is 50.0 Å². The first-order chi connectivity index (χ1) is 13.1. The van der Waals surface area contributed by atoms with Crippen molar-refractivity contribution >= 4 is 16.8 Å². The van der Waals surface area contributed by atoms with Crippen LogP contribution in [0.2, 0.25) is 0 Å². The minimum atomic E-state index is -0.298. The van der Waals surface area contributed by atoms with Gasteiger partial charge in [-0.1, -0.05) is 17.3 Å². The molecule has 8 heteroatoms. The maximum absolute atomic E-state index is 14.0. The van der Waals surface area contributed by atoms with Crippen LogP contribution in [0.5, 0.6) is 0 Å². The molecular formula is C19H20FN5O2. The van der Waals surface area contributed by atoms with Gasteiger partial charge in [0.05, 0.1) is 42.6 Å². The molecule has 0 spiro atoms. The number of halogens is 1. The van der Waals surface area contributed by atoms with E-state index < -0.39 is 0 Å². The van der Waals surface area contributed by atoms with Crippen molar-refractivity contribution in [3.05, 3.63) is 47.2 Å². The summed E-state index contributed by atoms with van der Waals surface area (Å²) >= 11 is 0. The minimum Gasteiger partial charge on any atom is -0.370 e. The maximum Gasteiger partial charge on any atom is 0.227 e. The predicted octanol–water partition coefficient (Wildman–Crippen LogP) is 2.12. The summed E-state index contributed by atoms with van der Waals surface area (Å²) in [5, 5.41) is 8.92. The highest BCUT2D eigenvalue weighted by Crippen LogP contribution is 2.31. The number of H-pyrrole nitrogens is 1. The number of nitrogens with one attached hydrogen (secondary N) is 1. The summed E-state index contributed by atoms with van der Waals surface area (Å²) in [5.41, 5.74) is 3.09. The monoisotopic (exact) mass is 369 g/mol. The van der Waals surface area contributed by atoms with Crippen molar-refractivity contribution < 1.29 is 13.9 Å². The van der Waals surface area contributed by atoms with Crippen molar-refractivity contribution in [2.24, 2.45) is 0 Å². The summed E-state index contributed by atoms with van der Waals surface area (Å²) in [6.45, 7) is 3.60. The third-order valence-electron chi connectivity index (χ3n) is 5.71. The molecule has 5 rings (SSSR count). The van der Waals surface area contributed by atoms with E-state index in [1.807, 2.05) is 22.6 Å². The van der Waals surface area contributed by atoms with Crippen LogP contribution in [0.15, 0.2) is 24.4 Å². The molecule has 7 nitrogen and oxygen atoms in total. The molecule has 3 aromatic rings. The number of fused-ring (bicyclic) bond motifs is 4. The number of carbonyl (C=O) groups excluding carboxylic acids is 1. The zero-order valence-corrected chi connectivity index (χ0v) is 15.0. The van der Waals surface area contributed by atoms with Crippen LogP contribution >= 0.6 is 0 Å². The van der Waals surface area contributed by atoms with Crippen LogP contribution in [0.25, 0.3) is 10.9 Å². The summed E-state index contributed by atoms with van der Waals surface area (Å²) in [6, 6.07) is 4.95. The average molecular weight is 369 g/mol. The molecule has 0 saturated carbocycles. The Morgan fingerprint density at radius 3 is 3.22 bits per heavy atom. The minimum absolute atomic E-state index is 0.00420. The molecular weight excluding hydrogens is 349 g/mol.